The van der Waals surface area contributed by atoms with Gasteiger partial charge in [-0.1, -0.05) is 48.0 Å². The quantitative estimate of drug-likeness (QED) is 0.759. The minimum Gasteiger partial charge on any atom is -0.454 e. The van der Waals surface area contributed by atoms with Crippen molar-refractivity contribution in [1.29, 1.82) is 0 Å². The van der Waals surface area contributed by atoms with Crippen molar-refractivity contribution < 1.29 is 9.53 Å². The summed E-state index contributed by atoms with van der Waals surface area (Å²) in [6, 6.07) is 17.4. The molecule has 0 radical (unpaired) electrons. The van der Waals surface area contributed by atoms with Crippen LogP contribution in [0, 0.1) is 6.92 Å². The zero-order valence-electron chi connectivity index (χ0n) is 13.5. The molecule has 0 N–H and O–H groups in total. The van der Waals surface area contributed by atoms with Gasteiger partial charge in [0.1, 0.15) is 6.10 Å². The summed E-state index contributed by atoms with van der Waals surface area (Å²) in [6.07, 6.45) is 0.548. The van der Waals surface area contributed by atoms with Gasteiger partial charge in [-0.05, 0) is 38.7 Å². The number of hydrogen-bond acceptors (Lipinski definition) is 3. The second-order valence-corrected chi connectivity index (χ2v) is 5.76. The lowest BCUT2D eigenvalue weighted by atomic mass is 10.1. The van der Waals surface area contributed by atoms with Crippen molar-refractivity contribution in [1.82, 2.24) is 4.90 Å². The van der Waals surface area contributed by atoms with E-state index in [1.54, 1.807) is 0 Å². The van der Waals surface area contributed by atoms with Crippen LogP contribution in [0.15, 0.2) is 54.6 Å². The molecule has 3 heteroatoms. The van der Waals surface area contributed by atoms with E-state index in [4.69, 9.17) is 4.74 Å². The SMILES string of the molecule is Cc1ccc(C(=O)OC(CCN(C)C)c2ccccc2)cc1. The Morgan fingerprint density at radius 2 is 1.68 bits per heavy atom. The maximum Gasteiger partial charge on any atom is 0.338 e. The lowest BCUT2D eigenvalue weighted by Crippen LogP contribution is -2.19. The molecule has 0 bridgehead atoms. The van der Waals surface area contributed by atoms with Crippen molar-refractivity contribution in [2.24, 2.45) is 0 Å². The fourth-order valence-electron chi connectivity index (χ4n) is 2.22. The number of carbonyl (C=O) groups excluding carboxylic acids is 1. The van der Waals surface area contributed by atoms with E-state index in [9.17, 15) is 4.79 Å². The number of nitrogens with zero attached hydrogens (tertiary/aromatic N) is 1. The summed E-state index contributed by atoms with van der Waals surface area (Å²) >= 11 is 0. The molecule has 0 heterocycles. The molecule has 116 valence electrons. The third kappa shape index (κ3) is 4.71. The third-order valence-corrected chi connectivity index (χ3v) is 3.55. The summed E-state index contributed by atoms with van der Waals surface area (Å²) in [5.41, 5.74) is 2.75. The first-order chi connectivity index (χ1) is 10.6. The first-order valence-electron chi connectivity index (χ1n) is 7.53. The van der Waals surface area contributed by atoms with Crippen molar-refractivity contribution in [2.45, 2.75) is 19.4 Å². The lowest BCUT2D eigenvalue weighted by Gasteiger charge is -2.20. The second-order valence-electron chi connectivity index (χ2n) is 5.76. The molecular weight excluding hydrogens is 274 g/mol. The van der Waals surface area contributed by atoms with E-state index >= 15 is 0 Å². The van der Waals surface area contributed by atoms with E-state index in [2.05, 4.69) is 4.90 Å². The van der Waals surface area contributed by atoms with Crippen LogP contribution < -0.4 is 0 Å². The molecule has 0 spiro atoms. The highest BCUT2D eigenvalue weighted by Crippen LogP contribution is 2.23. The van der Waals surface area contributed by atoms with Crippen LogP contribution in [0.4, 0.5) is 0 Å². The third-order valence-electron chi connectivity index (χ3n) is 3.55. The number of benzene rings is 2. The van der Waals surface area contributed by atoms with Gasteiger partial charge < -0.3 is 9.64 Å². The highest BCUT2D eigenvalue weighted by molar-refractivity contribution is 5.89. The molecule has 0 fully saturated rings. The van der Waals surface area contributed by atoms with E-state index in [0.29, 0.717) is 5.56 Å². The smallest absolute Gasteiger partial charge is 0.338 e. The predicted molar refractivity (Wildman–Crippen MR) is 88.9 cm³/mol. The van der Waals surface area contributed by atoms with Crippen molar-refractivity contribution in [3.8, 4) is 0 Å². The van der Waals surface area contributed by atoms with Crippen molar-refractivity contribution in [3.05, 3.63) is 71.3 Å². The van der Waals surface area contributed by atoms with Crippen molar-refractivity contribution in [2.75, 3.05) is 20.6 Å². The Morgan fingerprint density at radius 1 is 1.05 bits per heavy atom. The molecule has 1 unspecified atom stereocenters. The van der Waals surface area contributed by atoms with Gasteiger partial charge in [0.15, 0.2) is 0 Å². The zero-order chi connectivity index (χ0) is 15.9. The molecule has 0 saturated carbocycles. The van der Waals surface area contributed by atoms with E-state index < -0.39 is 0 Å². The summed E-state index contributed by atoms with van der Waals surface area (Å²) in [6.45, 7) is 2.86. The second kappa shape index (κ2) is 7.76. The Labute approximate surface area is 132 Å². The van der Waals surface area contributed by atoms with Crippen LogP contribution >= 0.6 is 0 Å². The minimum absolute atomic E-state index is 0.225. The van der Waals surface area contributed by atoms with E-state index in [1.165, 1.54) is 0 Å². The number of hydrogen-bond donors (Lipinski definition) is 0. The molecule has 3 nitrogen and oxygen atoms in total. The summed E-state index contributed by atoms with van der Waals surface area (Å²) in [4.78, 5) is 14.4. The predicted octanol–water partition coefficient (Wildman–Crippen LogP) is 3.84. The molecule has 0 aliphatic rings. The first kappa shape index (κ1) is 16.2. The molecule has 0 aliphatic heterocycles. The van der Waals surface area contributed by atoms with Crippen LogP contribution in [-0.4, -0.2) is 31.5 Å². The number of aryl methyl sites for hydroxylation is 1. The normalized spacial score (nSPS) is 12.2. The molecule has 0 amide bonds. The Hall–Kier alpha value is -2.13. The van der Waals surface area contributed by atoms with Crippen LogP contribution in [0.3, 0.4) is 0 Å². The van der Waals surface area contributed by atoms with E-state index in [1.807, 2.05) is 75.6 Å². The molecular formula is C19H23NO2. The zero-order valence-corrected chi connectivity index (χ0v) is 13.5. The highest BCUT2D eigenvalue weighted by Gasteiger charge is 2.18. The summed E-state index contributed by atoms with van der Waals surface area (Å²) in [5, 5.41) is 0. The van der Waals surface area contributed by atoms with Crippen LogP contribution in [0.1, 0.15) is 34.0 Å². The summed E-state index contributed by atoms with van der Waals surface area (Å²) < 4.78 is 5.75. The maximum absolute atomic E-state index is 12.3. The van der Waals surface area contributed by atoms with Gasteiger partial charge in [0, 0.05) is 13.0 Å². The standard InChI is InChI=1S/C19H23NO2/c1-15-9-11-17(12-10-15)19(21)22-18(13-14-20(2)3)16-7-5-4-6-8-16/h4-12,18H,13-14H2,1-3H3. The fraction of sp³-hybridized carbons (Fsp3) is 0.316. The van der Waals surface area contributed by atoms with E-state index in [0.717, 1.165) is 24.1 Å². The Kier molecular flexibility index (Phi) is 5.73. The van der Waals surface area contributed by atoms with Gasteiger partial charge in [-0.15, -0.1) is 0 Å². The van der Waals surface area contributed by atoms with E-state index in [-0.39, 0.29) is 12.1 Å². The number of ether oxygens (including phenoxy) is 1. The average Bonchev–Trinajstić information content (AvgIpc) is 2.52. The topological polar surface area (TPSA) is 29.5 Å². The molecule has 0 aromatic heterocycles. The van der Waals surface area contributed by atoms with Gasteiger partial charge in [0.2, 0.25) is 0 Å². The largest absolute Gasteiger partial charge is 0.454 e. The first-order valence-corrected chi connectivity index (χ1v) is 7.53. The van der Waals surface area contributed by atoms with Crippen LogP contribution in [-0.2, 0) is 4.74 Å². The molecule has 2 aromatic rings. The monoisotopic (exact) mass is 297 g/mol. The maximum atomic E-state index is 12.3. The average molecular weight is 297 g/mol. The number of rotatable bonds is 6. The lowest BCUT2D eigenvalue weighted by molar-refractivity contribution is 0.0261. The molecule has 1 atom stereocenters. The van der Waals surface area contributed by atoms with Gasteiger partial charge >= 0.3 is 5.97 Å². The summed E-state index contributed by atoms with van der Waals surface area (Å²) in [5.74, 6) is -0.271. The van der Waals surface area contributed by atoms with Crippen LogP contribution in [0.5, 0.6) is 0 Å². The Morgan fingerprint density at radius 3 is 2.27 bits per heavy atom. The van der Waals surface area contributed by atoms with Crippen LogP contribution in [0.25, 0.3) is 0 Å². The molecule has 22 heavy (non-hydrogen) atoms. The van der Waals surface area contributed by atoms with Gasteiger partial charge in [-0.2, -0.15) is 0 Å². The summed E-state index contributed by atoms with van der Waals surface area (Å²) in [7, 11) is 4.04. The highest BCUT2D eigenvalue weighted by atomic mass is 16.5. The van der Waals surface area contributed by atoms with Crippen molar-refractivity contribution >= 4 is 5.97 Å². The van der Waals surface area contributed by atoms with Gasteiger partial charge in [0.05, 0.1) is 5.56 Å². The van der Waals surface area contributed by atoms with Crippen molar-refractivity contribution in [3.63, 3.8) is 0 Å². The van der Waals surface area contributed by atoms with Gasteiger partial charge in [-0.3, -0.25) is 0 Å². The molecule has 2 rings (SSSR count). The Bertz CT molecular complexity index is 591. The van der Waals surface area contributed by atoms with Gasteiger partial charge in [-0.25, -0.2) is 4.79 Å². The Balaban J connectivity index is 2.11. The molecule has 0 saturated heterocycles. The molecule has 0 aliphatic carbocycles. The minimum atomic E-state index is -0.271. The number of carbonyl (C=O) groups is 1. The fourth-order valence-corrected chi connectivity index (χ4v) is 2.22. The van der Waals surface area contributed by atoms with Crippen LogP contribution in [0.2, 0.25) is 0 Å². The van der Waals surface area contributed by atoms with Gasteiger partial charge in [0.25, 0.3) is 0 Å². The molecule has 2 aromatic carbocycles. The number of esters is 1.